The molecule has 0 saturated carbocycles. The Hall–Kier alpha value is -2.48. The van der Waals surface area contributed by atoms with Crippen LogP contribution in [0.2, 0.25) is 0 Å². The molecule has 1 amide bonds. The molecule has 0 aliphatic heterocycles. The van der Waals surface area contributed by atoms with Crippen molar-refractivity contribution in [2.24, 2.45) is 0 Å². The van der Waals surface area contributed by atoms with Gasteiger partial charge in [-0.05, 0) is 19.4 Å². The van der Waals surface area contributed by atoms with Crippen LogP contribution in [0.5, 0.6) is 0 Å². The van der Waals surface area contributed by atoms with Crippen molar-refractivity contribution in [3.8, 4) is 5.82 Å². The Balaban J connectivity index is 2.11. The fourth-order valence-corrected chi connectivity index (χ4v) is 1.83. The number of aromatic nitrogens is 4. The van der Waals surface area contributed by atoms with Gasteiger partial charge in [-0.2, -0.15) is 10.2 Å². The second kappa shape index (κ2) is 6.80. The molecule has 0 spiro atoms. The molecule has 8 nitrogen and oxygen atoms in total. The molecule has 0 saturated heterocycles. The summed E-state index contributed by atoms with van der Waals surface area (Å²) in [6, 6.07) is 2.90. The lowest BCUT2D eigenvalue weighted by Gasteiger charge is -2.05. The van der Waals surface area contributed by atoms with E-state index in [4.69, 9.17) is 4.74 Å². The highest BCUT2D eigenvalue weighted by Gasteiger charge is 2.15. The van der Waals surface area contributed by atoms with Crippen molar-refractivity contribution in [2.45, 2.75) is 13.3 Å². The normalized spacial score (nSPS) is 10.6. The fraction of sp³-hybridized carbons (Fsp3) is 0.385. The third-order valence-corrected chi connectivity index (χ3v) is 2.95. The standard InChI is InChI=1S/C13H17N5O3/c1-9-10(13(20)14-6-3-7-21-2)8-15-18(9)11-4-5-12(19)17-16-11/h4-5,8H,3,6-7H2,1-2H3,(H,14,20)(H,17,19). The van der Waals surface area contributed by atoms with Crippen LogP contribution in [-0.4, -0.2) is 46.1 Å². The number of nitrogens with one attached hydrogen (secondary N) is 2. The van der Waals surface area contributed by atoms with Gasteiger partial charge in [0.2, 0.25) is 0 Å². The highest BCUT2D eigenvalue weighted by Crippen LogP contribution is 2.11. The van der Waals surface area contributed by atoms with E-state index in [-0.39, 0.29) is 11.5 Å². The number of hydrogen-bond acceptors (Lipinski definition) is 5. The molecule has 0 bridgehead atoms. The SMILES string of the molecule is COCCCNC(=O)c1cnn(-c2ccc(=O)[nH]n2)c1C. The van der Waals surface area contributed by atoms with E-state index < -0.39 is 0 Å². The zero-order valence-electron chi connectivity index (χ0n) is 11.9. The van der Waals surface area contributed by atoms with Crippen LogP contribution < -0.4 is 10.9 Å². The number of rotatable bonds is 6. The molecule has 0 unspecified atom stereocenters. The lowest BCUT2D eigenvalue weighted by molar-refractivity contribution is 0.0948. The van der Waals surface area contributed by atoms with E-state index in [0.717, 1.165) is 6.42 Å². The van der Waals surface area contributed by atoms with Crippen LogP contribution in [0.4, 0.5) is 0 Å². The summed E-state index contributed by atoms with van der Waals surface area (Å²) in [5, 5.41) is 13.1. The van der Waals surface area contributed by atoms with Crippen LogP contribution in [-0.2, 0) is 4.74 Å². The fourth-order valence-electron chi connectivity index (χ4n) is 1.83. The van der Waals surface area contributed by atoms with E-state index in [1.807, 2.05) is 0 Å². The number of carbonyl (C=O) groups is 1. The molecular weight excluding hydrogens is 274 g/mol. The Kier molecular flexibility index (Phi) is 4.83. The molecule has 2 aromatic heterocycles. The van der Waals surface area contributed by atoms with Crippen molar-refractivity contribution in [2.75, 3.05) is 20.3 Å². The second-order valence-electron chi connectivity index (χ2n) is 4.44. The zero-order chi connectivity index (χ0) is 15.2. The summed E-state index contributed by atoms with van der Waals surface area (Å²) in [7, 11) is 1.62. The average molecular weight is 291 g/mol. The van der Waals surface area contributed by atoms with Crippen molar-refractivity contribution < 1.29 is 9.53 Å². The van der Waals surface area contributed by atoms with Crippen molar-refractivity contribution in [1.82, 2.24) is 25.3 Å². The summed E-state index contributed by atoms with van der Waals surface area (Å²) in [4.78, 5) is 23.0. The minimum atomic E-state index is -0.292. The maximum atomic E-state index is 12.0. The summed E-state index contributed by atoms with van der Waals surface area (Å²) in [6.07, 6.45) is 2.23. The van der Waals surface area contributed by atoms with Crippen molar-refractivity contribution >= 4 is 5.91 Å². The molecule has 2 heterocycles. The van der Waals surface area contributed by atoms with Crippen LogP contribution in [0.25, 0.3) is 5.82 Å². The molecular formula is C13H17N5O3. The molecule has 0 aliphatic carbocycles. The van der Waals surface area contributed by atoms with Gasteiger partial charge in [-0.1, -0.05) is 0 Å². The number of aromatic amines is 1. The molecule has 2 aromatic rings. The first kappa shape index (κ1) is 14.9. The summed E-state index contributed by atoms with van der Waals surface area (Å²) >= 11 is 0. The van der Waals surface area contributed by atoms with Gasteiger partial charge in [-0.3, -0.25) is 9.59 Å². The smallest absolute Gasteiger partial charge is 0.264 e. The van der Waals surface area contributed by atoms with Crippen LogP contribution in [0.15, 0.2) is 23.1 Å². The van der Waals surface area contributed by atoms with E-state index in [9.17, 15) is 9.59 Å². The summed E-state index contributed by atoms with van der Waals surface area (Å²) in [6.45, 7) is 2.90. The van der Waals surface area contributed by atoms with Crippen LogP contribution in [0.3, 0.4) is 0 Å². The van der Waals surface area contributed by atoms with Gasteiger partial charge in [0, 0.05) is 26.3 Å². The van der Waals surface area contributed by atoms with E-state index in [0.29, 0.717) is 30.2 Å². The molecule has 0 aromatic carbocycles. The van der Waals surface area contributed by atoms with E-state index >= 15 is 0 Å². The largest absolute Gasteiger partial charge is 0.385 e. The maximum Gasteiger partial charge on any atom is 0.264 e. The maximum absolute atomic E-state index is 12.0. The van der Waals surface area contributed by atoms with Gasteiger partial charge in [0.25, 0.3) is 11.5 Å². The first-order valence-corrected chi connectivity index (χ1v) is 6.51. The number of ether oxygens (including phenoxy) is 1. The van der Waals surface area contributed by atoms with Gasteiger partial charge < -0.3 is 10.1 Å². The molecule has 2 rings (SSSR count). The average Bonchev–Trinajstić information content (AvgIpc) is 2.86. The second-order valence-corrected chi connectivity index (χ2v) is 4.44. The molecule has 0 fully saturated rings. The minimum absolute atomic E-state index is 0.195. The number of H-pyrrole nitrogens is 1. The number of methoxy groups -OCH3 is 1. The highest BCUT2D eigenvalue weighted by atomic mass is 16.5. The first-order chi connectivity index (χ1) is 10.1. The summed E-state index contributed by atoms with van der Waals surface area (Å²) in [5.41, 5.74) is 0.832. The predicted molar refractivity (Wildman–Crippen MR) is 75.5 cm³/mol. The van der Waals surface area contributed by atoms with Gasteiger partial charge in [0.15, 0.2) is 5.82 Å². The molecule has 21 heavy (non-hydrogen) atoms. The minimum Gasteiger partial charge on any atom is -0.385 e. The first-order valence-electron chi connectivity index (χ1n) is 6.51. The Bertz CT molecular complexity index is 656. The van der Waals surface area contributed by atoms with Gasteiger partial charge >= 0.3 is 0 Å². The quantitative estimate of drug-likeness (QED) is 0.731. The van der Waals surface area contributed by atoms with Crippen LogP contribution in [0.1, 0.15) is 22.5 Å². The van der Waals surface area contributed by atoms with E-state index in [2.05, 4.69) is 20.6 Å². The van der Waals surface area contributed by atoms with Gasteiger partial charge in [-0.15, -0.1) is 0 Å². The third-order valence-electron chi connectivity index (χ3n) is 2.95. The number of amides is 1. The van der Waals surface area contributed by atoms with Gasteiger partial charge in [0.1, 0.15) is 0 Å². The highest BCUT2D eigenvalue weighted by molar-refractivity contribution is 5.95. The number of hydrogen-bond donors (Lipinski definition) is 2. The Labute approximate surface area is 121 Å². The van der Waals surface area contributed by atoms with Crippen LogP contribution in [0, 0.1) is 6.92 Å². The molecule has 0 aliphatic rings. The molecule has 0 radical (unpaired) electrons. The van der Waals surface area contributed by atoms with Gasteiger partial charge in [-0.25, -0.2) is 9.78 Å². The third kappa shape index (κ3) is 3.54. The lowest BCUT2D eigenvalue weighted by Crippen LogP contribution is -2.25. The predicted octanol–water partition coefficient (Wildman–Crippen LogP) is 0.0303. The van der Waals surface area contributed by atoms with Crippen LogP contribution >= 0.6 is 0 Å². The summed E-state index contributed by atoms with van der Waals surface area (Å²) in [5.74, 6) is 0.254. The molecule has 8 heteroatoms. The Morgan fingerprint density at radius 1 is 1.48 bits per heavy atom. The Morgan fingerprint density at radius 2 is 2.29 bits per heavy atom. The van der Waals surface area contributed by atoms with Crippen molar-refractivity contribution in [3.05, 3.63) is 39.9 Å². The number of carbonyl (C=O) groups excluding carboxylic acids is 1. The monoisotopic (exact) mass is 291 g/mol. The van der Waals surface area contributed by atoms with Gasteiger partial charge in [0.05, 0.1) is 17.5 Å². The van der Waals surface area contributed by atoms with Crippen molar-refractivity contribution in [3.63, 3.8) is 0 Å². The zero-order valence-corrected chi connectivity index (χ0v) is 11.9. The summed E-state index contributed by atoms with van der Waals surface area (Å²) < 4.78 is 6.42. The molecule has 112 valence electrons. The molecule has 0 atom stereocenters. The Morgan fingerprint density at radius 3 is 2.95 bits per heavy atom. The van der Waals surface area contributed by atoms with Crippen molar-refractivity contribution in [1.29, 1.82) is 0 Å². The topological polar surface area (TPSA) is 102 Å². The molecule has 2 N–H and O–H groups in total. The van der Waals surface area contributed by atoms with E-state index in [1.165, 1.54) is 16.9 Å². The number of nitrogens with zero attached hydrogens (tertiary/aromatic N) is 3. The van der Waals surface area contributed by atoms with E-state index in [1.54, 1.807) is 20.1 Å². The lowest BCUT2D eigenvalue weighted by atomic mass is 10.2.